The third-order valence-electron chi connectivity index (χ3n) is 2.13. The third kappa shape index (κ3) is 2.90. The molecule has 0 bridgehead atoms. The molecule has 5 heteroatoms. The van der Waals surface area contributed by atoms with Crippen molar-refractivity contribution in [2.75, 3.05) is 7.11 Å². The lowest BCUT2D eigenvalue weighted by Gasteiger charge is -2.08. The fraction of sp³-hybridized carbons (Fsp3) is 0.167. The molecule has 17 heavy (non-hydrogen) atoms. The summed E-state index contributed by atoms with van der Waals surface area (Å²) < 4.78 is 17.2. The monoisotopic (exact) mass is 237 g/mol. The molecule has 0 radical (unpaired) electrons. The lowest BCUT2D eigenvalue weighted by molar-refractivity contribution is -0.135. The van der Waals surface area contributed by atoms with Gasteiger partial charge in [-0.05, 0) is 31.2 Å². The SMILES string of the molecule is COC(=O)/C(C(=N)c1ccc(F)cc1)=C(/C)O. The molecule has 0 atom stereocenters. The van der Waals surface area contributed by atoms with Crippen LogP contribution in [-0.2, 0) is 9.53 Å². The number of carbonyl (C=O) groups is 1. The van der Waals surface area contributed by atoms with E-state index in [4.69, 9.17) is 5.41 Å². The number of carbonyl (C=O) groups excluding carboxylic acids is 1. The molecule has 0 aliphatic heterocycles. The molecule has 0 aliphatic carbocycles. The number of rotatable bonds is 3. The molecule has 0 fully saturated rings. The minimum Gasteiger partial charge on any atom is -0.512 e. The molecule has 1 aromatic rings. The fourth-order valence-corrected chi connectivity index (χ4v) is 1.29. The first-order valence-corrected chi connectivity index (χ1v) is 4.80. The molecule has 0 heterocycles. The quantitative estimate of drug-likeness (QED) is 0.366. The molecule has 90 valence electrons. The van der Waals surface area contributed by atoms with Gasteiger partial charge in [0.05, 0.1) is 12.8 Å². The number of esters is 1. The van der Waals surface area contributed by atoms with Crippen LogP contribution in [0.1, 0.15) is 12.5 Å². The summed E-state index contributed by atoms with van der Waals surface area (Å²) in [6.07, 6.45) is 0. The number of aliphatic hydroxyl groups is 1. The van der Waals surface area contributed by atoms with Crippen molar-refractivity contribution >= 4 is 11.7 Å². The summed E-state index contributed by atoms with van der Waals surface area (Å²) in [7, 11) is 1.16. The highest BCUT2D eigenvalue weighted by Crippen LogP contribution is 2.13. The molecule has 2 N–H and O–H groups in total. The predicted octanol–water partition coefficient (Wildman–Crippen LogP) is 2.20. The summed E-state index contributed by atoms with van der Waals surface area (Å²) in [4.78, 5) is 11.4. The third-order valence-corrected chi connectivity index (χ3v) is 2.13. The summed E-state index contributed by atoms with van der Waals surface area (Å²) >= 11 is 0. The van der Waals surface area contributed by atoms with Crippen LogP contribution in [0.3, 0.4) is 0 Å². The summed E-state index contributed by atoms with van der Waals surface area (Å²) in [6, 6.07) is 5.05. The van der Waals surface area contributed by atoms with E-state index in [9.17, 15) is 14.3 Å². The van der Waals surface area contributed by atoms with E-state index in [0.717, 1.165) is 7.11 Å². The van der Waals surface area contributed by atoms with Crippen molar-refractivity contribution in [3.8, 4) is 0 Å². The number of halogens is 1. The topological polar surface area (TPSA) is 70.4 Å². The number of hydrogen-bond acceptors (Lipinski definition) is 4. The number of nitrogens with one attached hydrogen (secondary N) is 1. The minimum atomic E-state index is -0.806. The van der Waals surface area contributed by atoms with Gasteiger partial charge in [-0.25, -0.2) is 9.18 Å². The normalized spacial score (nSPS) is 11.7. The van der Waals surface area contributed by atoms with Crippen LogP contribution in [0.15, 0.2) is 35.6 Å². The average Bonchev–Trinajstić information content (AvgIpc) is 2.29. The Morgan fingerprint density at radius 1 is 1.35 bits per heavy atom. The highest BCUT2D eigenvalue weighted by atomic mass is 19.1. The standard InChI is InChI=1S/C12H12FNO3/c1-7(15)10(12(16)17-2)11(14)8-3-5-9(13)6-4-8/h3-6,14-15H,1-2H3/b10-7-,14-11?. The van der Waals surface area contributed by atoms with E-state index in [2.05, 4.69) is 4.74 Å². The van der Waals surface area contributed by atoms with Gasteiger partial charge in [-0.2, -0.15) is 0 Å². The van der Waals surface area contributed by atoms with E-state index in [1.165, 1.54) is 31.2 Å². The molecule has 0 aromatic heterocycles. The van der Waals surface area contributed by atoms with Crippen molar-refractivity contribution in [1.82, 2.24) is 0 Å². The predicted molar refractivity (Wildman–Crippen MR) is 60.6 cm³/mol. The zero-order valence-electron chi connectivity index (χ0n) is 9.45. The second-order valence-corrected chi connectivity index (χ2v) is 3.33. The Bertz CT molecular complexity index is 473. The first kappa shape index (κ1) is 12.9. The van der Waals surface area contributed by atoms with Crippen molar-refractivity contribution in [3.05, 3.63) is 47.0 Å². The van der Waals surface area contributed by atoms with Gasteiger partial charge >= 0.3 is 5.97 Å². The van der Waals surface area contributed by atoms with Crippen molar-refractivity contribution in [2.45, 2.75) is 6.92 Å². The molecule has 0 saturated heterocycles. The van der Waals surface area contributed by atoms with E-state index < -0.39 is 11.8 Å². The van der Waals surface area contributed by atoms with Gasteiger partial charge in [-0.15, -0.1) is 0 Å². The Morgan fingerprint density at radius 2 is 1.88 bits per heavy atom. The van der Waals surface area contributed by atoms with E-state index in [0.29, 0.717) is 5.56 Å². The van der Waals surface area contributed by atoms with Crippen LogP contribution in [0, 0.1) is 11.2 Å². The van der Waals surface area contributed by atoms with Crippen LogP contribution in [0.5, 0.6) is 0 Å². The Balaban J connectivity index is 3.15. The van der Waals surface area contributed by atoms with E-state index in [-0.39, 0.29) is 17.0 Å². The minimum absolute atomic E-state index is 0.211. The Morgan fingerprint density at radius 3 is 2.29 bits per heavy atom. The van der Waals surface area contributed by atoms with Crippen molar-refractivity contribution < 1.29 is 19.0 Å². The van der Waals surface area contributed by atoms with Crippen LogP contribution >= 0.6 is 0 Å². The molecule has 4 nitrogen and oxygen atoms in total. The molecule has 0 aliphatic rings. The number of hydrogen-bond donors (Lipinski definition) is 2. The van der Waals surface area contributed by atoms with Gasteiger partial charge in [0.2, 0.25) is 0 Å². The maximum Gasteiger partial charge on any atom is 0.343 e. The second kappa shape index (κ2) is 5.25. The van der Waals surface area contributed by atoms with Crippen LogP contribution in [-0.4, -0.2) is 23.9 Å². The molecule has 0 saturated carbocycles. The van der Waals surface area contributed by atoms with E-state index >= 15 is 0 Å². The van der Waals surface area contributed by atoms with E-state index in [1.54, 1.807) is 0 Å². The maximum absolute atomic E-state index is 12.7. The number of aliphatic hydroxyl groups excluding tert-OH is 1. The van der Waals surface area contributed by atoms with Gasteiger partial charge < -0.3 is 9.84 Å². The molecule has 0 amide bonds. The lowest BCUT2D eigenvalue weighted by Crippen LogP contribution is -2.16. The molecular formula is C12H12FNO3. The summed E-state index contributed by atoms with van der Waals surface area (Å²) in [6.45, 7) is 1.28. The van der Waals surface area contributed by atoms with Crippen LogP contribution in [0.2, 0.25) is 0 Å². The smallest absolute Gasteiger partial charge is 0.343 e. The van der Waals surface area contributed by atoms with Gasteiger partial charge in [0, 0.05) is 5.56 Å². The average molecular weight is 237 g/mol. The van der Waals surface area contributed by atoms with Crippen LogP contribution in [0.25, 0.3) is 0 Å². The van der Waals surface area contributed by atoms with Gasteiger partial charge in [0.15, 0.2) is 0 Å². The van der Waals surface area contributed by atoms with Gasteiger partial charge in [-0.3, -0.25) is 5.41 Å². The zero-order valence-corrected chi connectivity index (χ0v) is 9.45. The summed E-state index contributed by atoms with van der Waals surface area (Å²) in [5, 5.41) is 17.1. The van der Waals surface area contributed by atoms with Crippen LogP contribution < -0.4 is 0 Å². The number of allylic oxidation sites excluding steroid dienone is 1. The first-order valence-electron chi connectivity index (χ1n) is 4.80. The van der Waals surface area contributed by atoms with Gasteiger partial charge in [0.1, 0.15) is 17.1 Å². The van der Waals surface area contributed by atoms with Crippen molar-refractivity contribution in [1.29, 1.82) is 5.41 Å². The first-order chi connectivity index (χ1) is 7.97. The van der Waals surface area contributed by atoms with Crippen molar-refractivity contribution in [2.24, 2.45) is 0 Å². The highest BCUT2D eigenvalue weighted by molar-refractivity contribution is 6.25. The number of benzene rings is 1. The second-order valence-electron chi connectivity index (χ2n) is 3.33. The fourth-order valence-electron chi connectivity index (χ4n) is 1.29. The number of methoxy groups -OCH3 is 1. The summed E-state index contributed by atoms with van der Waals surface area (Å²) in [5.74, 6) is -1.56. The van der Waals surface area contributed by atoms with E-state index in [1.807, 2.05) is 0 Å². The zero-order chi connectivity index (χ0) is 13.0. The Labute approximate surface area is 97.9 Å². The van der Waals surface area contributed by atoms with Gasteiger partial charge in [0.25, 0.3) is 0 Å². The lowest BCUT2D eigenvalue weighted by atomic mass is 10.0. The summed E-state index contributed by atoms with van der Waals surface area (Å²) in [5.41, 5.74) is -0.129. The van der Waals surface area contributed by atoms with Crippen molar-refractivity contribution in [3.63, 3.8) is 0 Å². The maximum atomic E-state index is 12.7. The molecule has 0 spiro atoms. The van der Waals surface area contributed by atoms with Crippen LogP contribution in [0.4, 0.5) is 4.39 Å². The Kier molecular flexibility index (Phi) is 3.98. The Hall–Kier alpha value is -2.17. The molecular weight excluding hydrogens is 225 g/mol. The molecule has 1 rings (SSSR count). The highest BCUT2D eigenvalue weighted by Gasteiger charge is 2.20. The molecule has 0 unspecified atom stereocenters. The largest absolute Gasteiger partial charge is 0.512 e. The molecule has 1 aromatic carbocycles. The number of ether oxygens (including phenoxy) is 1. The van der Waals surface area contributed by atoms with Gasteiger partial charge in [-0.1, -0.05) is 0 Å².